The molecule has 0 unspecified atom stereocenters. The number of rotatable bonds is 7. The maximum atomic E-state index is 12.2. The quantitative estimate of drug-likeness (QED) is 0.827. The third-order valence-electron chi connectivity index (χ3n) is 3.41. The van der Waals surface area contributed by atoms with E-state index in [1.807, 2.05) is 5.38 Å². The van der Waals surface area contributed by atoms with Crippen molar-refractivity contribution in [2.24, 2.45) is 0 Å². The van der Waals surface area contributed by atoms with Crippen LogP contribution in [-0.2, 0) is 21.4 Å². The summed E-state index contributed by atoms with van der Waals surface area (Å²) in [4.78, 5) is 4.14. The summed E-state index contributed by atoms with van der Waals surface area (Å²) in [6.45, 7) is 0.996. The summed E-state index contributed by atoms with van der Waals surface area (Å²) in [7, 11) is -3.43. The van der Waals surface area contributed by atoms with Crippen molar-refractivity contribution in [1.29, 1.82) is 0 Å². The molecule has 0 radical (unpaired) electrons. The van der Waals surface area contributed by atoms with Crippen LogP contribution >= 0.6 is 11.3 Å². The Morgan fingerprint density at radius 2 is 2.35 bits per heavy atom. The predicted molar refractivity (Wildman–Crippen MR) is 89.3 cm³/mol. The zero-order valence-corrected chi connectivity index (χ0v) is 14.1. The molecule has 0 saturated carbocycles. The van der Waals surface area contributed by atoms with Crippen molar-refractivity contribution >= 4 is 27.0 Å². The summed E-state index contributed by atoms with van der Waals surface area (Å²) in [6, 6.07) is 6.90. The Kier molecular flexibility index (Phi) is 5.14. The minimum atomic E-state index is -3.43. The number of nitrogens with zero attached hydrogens (tertiary/aromatic N) is 1. The Morgan fingerprint density at radius 1 is 1.43 bits per heavy atom. The summed E-state index contributed by atoms with van der Waals surface area (Å²) >= 11 is 1.51. The minimum Gasteiger partial charge on any atom is -0.487 e. The number of anilines is 1. The van der Waals surface area contributed by atoms with Gasteiger partial charge in [0.15, 0.2) is 0 Å². The first kappa shape index (κ1) is 16.2. The molecule has 0 amide bonds. The molecule has 8 heteroatoms. The van der Waals surface area contributed by atoms with Crippen LogP contribution in [0.2, 0.25) is 0 Å². The van der Waals surface area contributed by atoms with Crippen LogP contribution in [0.25, 0.3) is 0 Å². The number of hydrogen-bond donors (Lipinski definition) is 1. The van der Waals surface area contributed by atoms with Gasteiger partial charge in [0, 0.05) is 18.1 Å². The minimum absolute atomic E-state index is 0.0170. The molecule has 1 aromatic carbocycles. The van der Waals surface area contributed by atoms with E-state index in [0.717, 1.165) is 18.5 Å². The molecule has 0 bridgehead atoms. The third-order valence-corrected chi connectivity index (χ3v) is 5.40. The van der Waals surface area contributed by atoms with Crippen molar-refractivity contribution < 1.29 is 17.9 Å². The Morgan fingerprint density at radius 3 is 3.09 bits per heavy atom. The van der Waals surface area contributed by atoms with Crippen LogP contribution in [0.4, 0.5) is 5.69 Å². The van der Waals surface area contributed by atoms with Crippen molar-refractivity contribution in [1.82, 2.24) is 4.98 Å². The largest absolute Gasteiger partial charge is 0.487 e. The molecule has 3 rings (SSSR count). The van der Waals surface area contributed by atoms with E-state index in [4.69, 9.17) is 9.47 Å². The third kappa shape index (κ3) is 4.92. The van der Waals surface area contributed by atoms with Gasteiger partial charge in [-0.3, -0.25) is 4.72 Å². The maximum Gasteiger partial charge on any atom is 0.235 e. The van der Waals surface area contributed by atoms with Gasteiger partial charge in [0.1, 0.15) is 12.4 Å². The lowest BCUT2D eigenvalue weighted by Crippen LogP contribution is -2.25. The van der Waals surface area contributed by atoms with E-state index in [1.165, 1.54) is 11.3 Å². The van der Waals surface area contributed by atoms with E-state index >= 15 is 0 Å². The van der Waals surface area contributed by atoms with Crippen LogP contribution in [0, 0.1) is 0 Å². The van der Waals surface area contributed by atoms with Gasteiger partial charge in [-0.2, -0.15) is 0 Å². The van der Waals surface area contributed by atoms with E-state index < -0.39 is 10.0 Å². The van der Waals surface area contributed by atoms with Crippen LogP contribution in [0.1, 0.15) is 18.5 Å². The molecule has 2 aromatic rings. The van der Waals surface area contributed by atoms with Gasteiger partial charge in [-0.05, 0) is 25.0 Å². The highest BCUT2D eigenvalue weighted by Crippen LogP contribution is 2.21. The first-order chi connectivity index (χ1) is 11.1. The molecule has 1 saturated heterocycles. The Labute approximate surface area is 139 Å². The van der Waals surface area contributed by atoms with Gasteiger partial charge in [-0.1, -0.05) is 6.07 Å². The number of aromatic nitrogens is 1. The molecule has 1 aliphatic heterocycles. The van der Waals surface area contributed by atoms with Gasteiger partial charge < -0.3 is 9.47 Å². The van der Waals surface area contributed by atoms with Gasteiger partial charge in [-0.25, -0.2) is 13.4 Å². The summed E-state index contributed by atoms with van der Waals surface area (Å²) in [5, 5.41) is 1.91. The molecule has 0 spiro atoms. The molecule has 0 aliphatic carbocycles. The predicted octanol–water partition coefficient (Wildman–Crippen LogP) is 2.64. The lowest BCUT2D eigenvalue weighted by molar-refractivity contribution is 0.127. The second-order valence-electron chi connectivity index (χ2n) is 5.31. The molecule has 2 heterocycles. The smallest absolute Gasteiger partial charge is 0.235 e. The standard InChI is InChI=1S/C15H18N2O4S2/c18-23(19,10-15-5-2-6-20-15)17-12-3-1-4-14(7-12)21-8-13-9-22-11-16-13/h1,3-4,7,9,11,15,17H,2,5-6,8,10H2/t15-/m0/s1. The Bertz CT molecular complexity index is 726. The fraction of sp³-hybridized carbons (Fsp3) is 0.400. The zero-order chi connectivity index (χ0) is 16.1. The molecule has 124 valence electrons. The molecule has 1 N–H and O–H groups in total. The van der Waals surface area contributed by atoms with Gasteiger partial charge in [-0.15, -0.1) is 11.3 Å². The second-order valence-corrected chi connectivity index (χ2v) is 7.80. The molecule has 1 atom stereocenters. The highest BCUT2D eigenvalue weighted by molar-refractivity contribution is 7.92. The molecule has 1 aliphatic rings. The van der Waals surface area contributed by atoms with Crippen molar-refractivity contribution in [2.75, 3.05) is 17.1 Å². The molecule has 1 aromatic heterocycles. The number of sulfonamides is 1. The lowest BCUT2D eigenvalue weighted by atomic mass is 10.3. The van der Waals surface area contributed by atoms with Gasteiger partial charge in [0.05, 0.1) is 28.7 Å². The van der Waals surface area contributed by atoms with E-state index in [2.05, 4.69) is 9.71 Å². The average molecular weight is 354 g/mol. The summed E-state index contributed by atoms with van der Waals surface area (Å²) < 4.78 is 37.9. The number of thiazole rings is 1. The van der Waals surface area contributed by atoms with E-state index in [1.54, 1.807) is 29.8 Å². The van der Waals surface area contributed by atoms with Gasteiger partial charge in [0.2, 0.25) is 10.0 Å². The topological polar surface area (TPSA) is 77.5 Å². The average Bonchev–Trinajstić information content (AvgIpc) is 3.18. The molecule has 6 nitrogen and oxygen atoms in total. The van der Waals surface area contributed by atoms with E-state index in [0.29, 0.717) is 24.7 Å². The van der Waals surface area contributed by atoms with Gasteiger partial charge in [0.25, 0.3) is 0 Å². The first-order valence-electron chi connectivity index (χ1n) is 7.33. The van der Waals surface area contributed by atoms with Crippen LogP contribution < -0.4 is 9.46 Å². The van der Waals surface area contributed by atoms with Crippen molar-refractivity contribution in [2.45, 2.75) is 25.6 Å². The van der Waals surface area contributed by atoms with Crippen molar-refractivity contribution in [3.05, 3.63) is 40.8 Å². The Hall–Kier alpha value is -1.64. The summed E-state index contributed by atoms with van der Waals surface area (Å²) in [5.74, 6) is 0.576. The number of hydrogen-bond acceptors (Lipinski definition) is 6. The fourth-order valence-corrected chi connectivity index (χ4v) is 4.22. The van der Waals surface area contributed by atoms with E-state index in [-0.39, 0.29) is 11.9 Å². The normalized spacial score (nSPS) is 18.0. The number of benzene rings is 1. The Balaban J connectivity index is 1.60. The molecule has 23 heavy (non-hydrogen) atoms. The van der Waals surface area contributed by atoms with Crippen LogP contribution in [0.15, 0.2) is 35.2 Å². The zero-order valence-electron chi connectivity index (χ0n) is 12.5. The maximum absolute atomic E-state index is 12.2. The summed E-state index contributed by atoms with van der Waals surface area (Å²) in [6.07, 6.45) is 1.49. The van der Waals surface area contributed by atoms with Crippen molar-refractivity contribution in [3.8, 4) is 5.75 Å². The van der Waals surface area contributed by atoms with Crippen LogP contribution in [0.5, 0.6) is 5.75 Å². The van der Waals surface area contributed by atoms with Crippen LogP contribution in [-0.4, -0.2) is 31.9 Å². The second kappa shape index (κ2) is 7.29. The monoisotopic (exact) mass is 354 g/mol. The molecule has 1 fully saturated rings. The lowest BCUT2D eigenvalue weighted by Gasteiger charge is -2.13. The highest BCUT2D eigenvalue weighted by Gasteiger charge is 2.23. The van der Waals surface area contributed by atoms with E-state index in [9.17, 15) is 8.42 Å². The number of ether oxygens (including phenoxy) is 2. The van der Waals surface area contributed by atoms with Crippen molar-refractivity contribution in [3.63, 3.8) is 0 Å². The SMILES string of the molecule is O=S(=O)(C[C@@H]1CCCO1)Nc1cccc(OCc2cscn2)c1. The number of nitrogens with one attached hydrogen (secondary N) is 1. The van der Waals surface area contributed by atoms with Crippen LogP contribution in [0.3, 0.4) is 0 Å². The first-order valence-corrected chi connectivity index (χ1v) is 9.92. The van der Waals surface area contributed by atoms with Gasteiger partial charge >= 0.3 is 0 Å². The summed E-state index contributed by atoms with van der Waals surface area (Å²) in [5.41, 5.74) is 3.08. The fourth-order valence-electron chi connectivity index (χ4n) is 2.36. The molecular formula is C15H18N2O4S2. The highest BCUT2D eigenvalue weighted by atomic mass is 32.2. The molecular weight excluding hydrogens is 336 g/mol.